The molecule has 1 aliphatic carbocycles. The SMILES string of the molecule is CC1CCCC(NCC(C(C)C)N(C)C)C1. The number of hydrogen-bond donors (Lipinski definition) is 1. The molecule has 0 aromatic carbocycles. The lowest BCUT2D eigenvalue weighted by Gasteiger charge is -2.33. The van der Waals surface area contributed by atoms with Crippen molar-refractivity contribution >= 4 is 0 Å². The topological polar surface area (TPSA) is 15.3 Å². The largest absolute Gasteiger partial charge is 0.312 e. The quantitative estimate of drug-likeness (QED) is 0.775. The Kier molecular flexibility index (Phi) is 5.77. The van der Waals surface area contributed by atoms with Crippen LogP contribution in [-0.2, 0) is 0 Å². The molecular weight excluding hydrogens is 196 g/mol. The minimum atomic E-state index is 0.664. The van der Waals surface area contributed by atoms with Crippen LogP contribution in [0.5, 0.6) is 0 Å². The monoisotopic (exact) mass is 226 g/mol. The van der Waals surface area contributed by atoms with Gasteiger partial charge in [0.15, 0.2) is 0 Å². The second kappa shape index (κ2) is 6.61. The molecule has 0 heterocycles. The molecule has 1 rings (SSSR count). The van der Waals surface area contributed by atoms with E-state index in [1.54, 1.807) is 0 Å². The van der Waals surface area contributed by atoms with Gasteiger partial charge < -0.3 is 10.2 Å². The van der Waals surface area contributed by atoms with Gasteiger partial charge in [-0.1, -0.05) is 33.6 Å². The zero-order valence-corrected chi connectivity index (χ0v) is 11.8. The van der Waals surface area contributed by atoms with Gasteiger partial charge in [0, 0.05) is 18.6 Å². The van der Waals surface area contributed by atoms with Crippen molar-refractivity contribution in [3.05, 3.63) is 0 Å². The van der Waals surface area contributed by atoms with Gasteiger partial charge in [-0.15, -0.1) is 0 Å². The third kappa shape index (κ3) is 4.42. The first-order valence-corrected chi connectivity index (χ1v) is 6.90. The fourth-order valence-electron chi connectivity index (χ4n) is 2.92. The summed E-state index contributed by atoms with van der Waals surface area (Å²) in [5, 5.41) is 3.77. The highest BCUT2D eigenvalue weighted by molar-refractivity contribution is 4.80. The van der Waals surface area contributed by atoms with Crippen LogP contribution in [0.1, 0.15) is 46.5 Å². The fourth-order valence-corrected chi connectivity index (χ4v) is 2.92. The summed E-state index contributed by atoms with van der Waals surface area (Å²) in [4.78, 5) is 2.35. The smallest absolute Gasteiger partial charge is 0.0237 e. The predicted molar refractivity (Wildman–Crippen MR) is 71.7 cm³/mol. The summed E-state index contributed by atoms with van der Waals surface area (Å²) in [6.45, 7) is 8.16. The molecule has 0 saturated heterocycles. The lowest BCUT2D eigenvalue weighted by Crippen LogP contribution is -2.45. The lowest BCUT2D eigenvalue weighted by molar-refractivity contribution is 0.205. The van der Waals surface area contributed by atoms with Gasteiger partial charge in [0.25, 0.3) is 0 Å². The van der Waals surface area contributed by atoms with Crippen LogP contribution >= 0.6 is 0 Å². The van der Waals surface area contributed by atoms with Gasteiger partial charge in [-0.3, -0.25) is 0 Å². The van der Waals surface area contributed by atoms with E-state index in [1.165, 1.54) is 25.7 Å². The Morgan fingerprint density at radius 1 is 1.25 bits per heavy atom. The van der Waals surface area contributed by atoms with Gasteiger partial charge >= 0.3 is 0 Å². The first kappa shape index (κ1) is 14.0. The molecule has 2 nitrogen and oxygen atoms in total. The maximum absolute atomic E-state index is 3.77. The number of likely N-dealkylation sites (N-methyl/N-ethyl adjacent to an activating group) is 1. The second-order valence-electron chi connectivity index (χ2n) is 6.15. The lowest BCUT2D eigenvalue weighted by atomic mass is 9.87. The maximum Gasteiger partial charge on any atom is 0.0237 e. The van der Waals surface area contributed by atoms with Crippen molar-refractivity contribution in [3.8, 4) is 0 Å². The molecule has 16 heavy (non-hydrogen) atoms. The van der Waals surface area contributed by atoms with Crippen LogP contribution < -0.4 is 5.32 Å². The number of nitrogens with one attached hydrogen (secondary N) is 1. The van der Waals surface area contributed by atoms with E-state index in [-0.39, 0.29) is 0 Å². The van der Waals surface area contributed by atoms with Crippen molar-refractivity contribution in [3.63, 3.8) is 0 Å². The molecule has 0 aromatic heterocycles. The Hall–Kier alpha value is -0.0800. The van der Waals surface area contributed by atoms with E-state index in [1.807, 2.05) is 0 Å². The van der Waals surface area contributed by atoms with Crippen molar-refractivity contribution in [1.82, 2.24) is 10.2 Å². The first-order valence-electron chi connectivity index (χ1n) is 6.90. The summed E-state index contributed by atoms with van der Waals surface area (Å²) in [5.74, 6) is 1.65. The molecule has 0 aliphatic heterocycles. The molecule has 0 radical (unpaired) electrons. The maximum atomic E-state index is 3.77. The molecule has 3 atom stereocenters. The van der Waals surface area contributed by atoms with E-state index < -0.39 is 0 Å². The minimum Gasteiger partial charge on any atom is -0.312 e. The van der Waals surface area contributed by atoms with Crippen LogP contribution in [0.4, 0.5) is 0 Å². The molecular formula is C14H30N2. The Balaban J connectivity index is 2.31. The summed E-state index contributed by atoms with van der Waals surface area (Å²) >= 11 is 0. The van der Waals surface area contributed by atoms with Crippen LogP contribution in [-0.4, -0.2) is 37.6 Å². The molecule has 1 aliphatic rings. The number of nitrogens with zero attached hydrogens (tertiary/aromatic N) is 1. The van der Waals surface area contributed by atoms with Crippen molar-refractivity contribution in [1.29, 1.82) is 0 Å². The highest BCUT2D eigenvalue weighted by Gasteiger charge is 2.21. The molecule has 0 amide bonds. The summed E-state index contributed by atoms with van der Waals surface area (Å²) in [6.07, 6.45) is 5.59. The standard InChI is InChI=1S/C14H30N2/c1-11(2)14(16(4)5)10-15-13-8-6-7-12(3)9-13/h11-15H,6-10H2,1-5H3. The first-order chi connectivity index (χ1) is 7.50. The Labute approximate surface area is 102 Å². The third-order valence-corrected chi connectivity index (χ3v) is 3.98. The van der Waals surface area contributed by atoms with E-state index in [2.05, 4.69) is 45.1 Å². The van der Waals surface area contributed by atoms with E-state index in [0.29, 0.717) is 6.04 Å². The molecule has 1 saturated carbocycles. The summed E-state index contributed by atoms with van der Waals surface area (Å²) in [7, 11) is 4.38. The molecule has 1 N–H and O–H groups in total. The van der Waals surface area contributed by atoms with E-state index in [0.717, 1.165) is 24.4 Å². The van der Waals surface area contributed by atoms with Crippen LogP contribution in [0.15, 0.2) is 0 Å². The van der Waals surface area contributed by atoms with Crippen molar-refractivity contribution in [2.24, 2.45) is 11.8 Å². The second-order valence-corrected chi connectivity index (χ2v) is 6.15. The van der Waals surface area contributed by atoms with Gasteiger partial charge in [-0.2, -0.15) is 0 Å². The summed E-state index contributed by atoms with van der Waals surface area (Å²) in [6, 6.07) is 1.43. The Bertz CT molecular complexity index is 181. The van der Waals surface area contributed by atoms with E-state index in [9.17, 15) is 0 Å². The van der Waals surface area contributed by atoms with Crippen LogP contribution in [0, 0.1) is 11.8 Å². The zero-order valence-electron chi connectivity index (χ0n) is 11.8. The highest BCUT2D eigenvalue weighted by Crippen LogP contribution is 2.23. The molecule has 3 unspecified atom stereocenters. The van der Waals surface area contributed by atoms with Gasteiger partial charge in [-0.25, -0.2) is 0 Å². The van der Waals surface area contributed by atoms with Crippen molar-refractivity contribution in [2.45, 2.75) is 58.5 Å². The number of rotatable bonds is 5. The third-order valence-electron chi connectivity index (χ3n) is 3.98. The molecule has 0 bridgehead atoms. The van der Waals surface area contributed by atoms with Gasteiger partial charge in [-0.05, 0) is 38.8 Å². The van der Waals surface area contributed by atoms with Crippen molar-refractivity contribution in [2.75, 3.05) is 20.6 Å². The zero-order chi connectivity index (χ0) is 12.1. The van der Waals surface area contributed by atoms with Crippen molar-refractivity contribution < 1.29 is 0 Å². The average molecular weight is 226 g/mol. The molecule has 96 valence electrons. The van der Waals surface area contributed by atoms with Crippen LogP contribution in [0.25, 0.3) is 0 Å². The molecule has 2 heteroatoms. The van der Waals surface area contributed by atoms with Gasteiger partial charge in [0.2, 0.25) is 0 Å². The fraction of sp³-hybridized carbons (Fsp3) is 1.00. The van der Waals surface area contributed by atoms with E-state index >= 15 is 0 Å². The molecule has 0 spiro atoms. The summed E-state index contributed by atoms with van der Waals surface area (Å²) in [5.41, 5.74) is 0. The molecule has 0 aromatic rings. The number of hydrogen-bond acceptors (Lipinski definition) is 2. The highest BCUT2D eigenvalue weighted by atomic mass is 15.1. The van der Waals surface area contributed by atoms with E-state index in [4.69, 9.17) is 0 Å². The van der Waals surface area contributed by atoms with Gasteiger partial charge in [0.1, 0.15) is 0 Å². The normalized spacial score (nSPS) is 28.7. The van der Waals surface area contributed by atoms with Crippen LogP contribution in [0.3, 0.4) is 0 Å². The average Bonchev–Trinajstić information content (AvgIpc) is 2.16. The van der Waals surface area contributed by atoms with Crippen LogP contribution in [0.2, 0.25) is 0 Å². The van der Waals surface area contributed by atoms with Gasteiger partial charge in [0.05, 0.1) is 0 Å². The molecule has 1 fully saturated rings. The Morgan fingerprint density at radius 3 is 2.44 bits per heavy atom. The predicted octanol–water partition coefficient (Wildman–Crippen LogP) is 2.74. The Morgan fingerprint density at radius 2 is 1.94 bits per heavy atom. The summed E-state index contributed by atoms with van der Waals surface area (Å²) < 4.78 is 0. The minimum absolute atomic E-state index is 0.664.